The van der Waals surface area contributed by atoms with Crippen LogP contribution in [0.4, 0.5) is 0 Å². The van der Waals surface area contributed by atoms with E-state index in [2.05, 4.69) is 9.88 Å². The maximum Gasteiger partial charge on any atom is 0.214 e. The van der Waals surface area contributed by atoms with Crippen molar-refractivity contribution < 1.29 is 18.3 Å². The van der Waals surface area contributed by atoms with Crippen molar-refractivity contribution in [1.82, 2.24) is 14.2 Å². The number of piperazine rings is 1. The van der Waals surface area contributed by atoms with E-state index < -0.39 is 16.1 Å². The lowest BCUT2D eigenvalue weighted by Gasteiger charge is -2.33. The second kappa shape index (κ2) is 8.50. The molecular weight excluding hydrogens is 338 g/mol. The summed E-state index contributed by atoms with van der Waals surface area (Å²) in [6.07, 6.45) is 1.78. The van der Waals surface area contributed by atoms with E-state index in [0.29, 0.717) is 39.2 Å². The van der Waals surface area contributed by atoms with Gasteiger partial charge in [0.2, 0.25) is 10.0 Å². The van der Waals surface area contributed by atoms with E-state index in [1.54, 1.807) is 24.5 Å². The summed E-state index contributed by atoms with van der Waals surface area (Å²) in [6, 6.07) is 0. The van der Waals surface area contributed by atoms with Gasteiger partial charge in [0.1, 0.15) is 11.1 Å². The summed E-state index contributed by atoms with van der Waals surface area (Å²) < 4.78 is 30.9. The lowest BCUT2D eigenvalue weighted by molar-refractivity contribution is 0.181. The first kappa shape index (κ1) is 18.8. The van der Waals surface area contributed by atoms with E-state index in [9.17, 15) is 13.5 Å². The molecule has 0 bridgehead atoms. The molecule has 1 atom stereocenters. The maximum absolute atomic E-state index is 12.2. The molecule has 1 aliphatic rings. The highest BCUT2D eigenvalue weighted by atomic mass is 32.2. The zero-order chi connectivity index (χ0) is 16.9. The molecule has 0 amide bonds. The van der Waals surface area contributed by atoms with Crippen molar-refractivity contribution in [3.8, 4) is 0 Å². The van der Waals surface area contributed by atoms with Gasteiger partial charge in [0.15, 0.2) is 0 Å². The minimum atomic E-state index is -3.18. The molecule has 0 spiro atoms. The summed E-state index contributed by atoms with van der Waals surface area (Å²) >= 11 is 1.51. The van der Waals surface area contributed by atoms with Crippen molar-refractivity contribution in [2.24, 2.45) is 0 Å². The summed E-state index contributed by atoms with van der Waals surface area (Å²) in [5.74, 6) is 0.146. The molecule has 0 radical (unpaired) electrons. The van der Waals surface area contributed by atoms with Gasteiger partial charge in [-0.1, -0.05) is 0 Å². The number of nitrogens with zero attached hydrogens (tertiary/aromatic N) is 3. The third kappa shape index (κ3) is 5.47. The third-order valence-electron chi connectivity index (χ3n) is 3.78. The molecule has 1 aliphatic heterocycles. The Hall–Kier alpha value is -0.580. The van der Waals surface area contributed by atoms with E-state index in [-0.39, 0.29) is 5.75 Å². The molecule has 2 heterocycles. The smallest absolute Gasteiger partial charge is 0.214 e. The fourth-order valence-electron chi connectivity index (χ4n) is 2.49. The molecule has 0 aliphatic carbocycles. The molecule has 0 aromatic carbocycles. The quantitative estimate of drug-likeness (QED) is 0.684. The Morgan fingerprint density at radius 3 is 2.65 bits per heavy atom. The van der Waals surface area contributed by atoms with Gasteiger partial charge in [-0.3, -0.25) is 4.90 Å². The molecule has 7 nitrogen and oxygen atoms in total. The van der Waals surface area contributed by atoms with Gasteiger partial charge in [-0.05, 0) is 13.3 Å². The van der Waals surface area contributed by atoms with Crippen LogP contribution in [0.3, 0.4) is 0 Å². The lowest BCUT2D eigenvalue weighted by Crippen LogP contribution is -2.48. The Labute approximate surface area is 141 Å². The van der Waals surface area contributed by atoms with Crippen molar-refractivity contribution in [3.05, 3.63) is 16.1 Å². The largest absolute Gasteiger partial charge is 0.386 e. The Morgan fingerprint density at radius 2 is 2.09 bits per heavy atom. The second-order valence-electron chi connectivity index (χ2n) is 5.68. The number of hydrogen-bond acceptors (Lipinski definition) is 7. The number of ether oxygens (including phenoxy) is 1. The maximum atomic E-state index is 12.2. The summed E-state index contributed by atoms with van der Waals surface area (Å²) in [5.41, 5.74) is 0. The van der Waals surface area contributed by atoms with Crippen LogP contribution in [0.15, 0.2) is 6.20 Å². The van der Waals surface area contributed by atoms with E-state index in [1.165, 1.54) is 11.3 Å². The summed E-state index contributed by atoms with van der Waals surface area (Å²) in [6.45, 7) is 5.40. The Balaban J connectivity index is 1.81. The zero-order valence-corrected chi connectivity index (χ0v) is 15.3. The molecule has 1 aromatic heterocycles. The summed E-state index contributed by atoms with van der Waals surface area (Å²) in [4.78, 5) is 7.52. The van der Waals surface area contributed by atoms with Crippen molar-refractivity contribution in [3.63, 3.8) is 0 Å². The van der Waals surface area contributed by atoms with Crippen LogP contribution >= 0.6 is 11.3 Å². The van der Waals surface area contributed by atoms with Gasteiger partial charge in [0, 0.05) is 57.5 Å². The average Bonchev–Trinajstić information content (AvgIpc) is 2.97. The van der Waals surface area contributed by atoms with Crippen LogP contribution in [0.2, 0.25) is 0 Å². The van der Waals surface area contributed by atoms with Crippen LogP contribution in [0.1, 0.15) is 29.3 Å². The Kier molecular flexibility index (Phi) is 6.93. The van der Waals surface area contributed by atoms with Gasteiger partial charge in [-0.15, -0.1) is 11.3 Å². The molecule has 1 saturated heterocycles. The molecule has 1 unspecified atom stereocenters. The van der Waals surface area contributed by atoms with Crippen molar-refractivity contribution in [2.75, 3.05) is 45.6 Å². The molecule has 1 aromatic rings. The fourth-order valence-corrected chi connectivity index (χ4v) is 4.85. The van der Waals surface area contributed by atoms with Gasteiger partial charge in [0.05, 0.1) is 5.75 Å². The number of hydrogen-bond donors (Lipinski definition) is 1. The van der Waals surface area contributed by atoms with Crippen molar-refractivity contribution >= 4 is 21.4 Å². The van der Waals surface area contributed by atoms with Gasteiger partial charge < -0.3 is 9.84 Å². The van der Waals surface area contributed by atoms with Crippen LogP contribution < -0.4 is 0 Å². The molecule has 9 heteroatoms. The van der Waals surface area contributed by atoms with Crippen LogP contribution in [0.25, 0.3) is 0 Å². The van der Waals surface area contributed by atoms with Crippen molar-refractivity contribution in [2.45, 2.75) is 26.0 Å². The third-order valence-corrected chi connectivity index (χ3v) is 6.89. The number of methoxy groups -OCH3 is 1. The first-order valence-corrected chi connectivity index (χ1v) is 10.2. The fraction of sp³-hybridized carbons (Fsp3) is 0.786. The first-order chi connectivity index (χ1) is 10.9. The predicted octanol–water partition coefficient (Wildman–Crippen LogP) is 0.680. The van der Waals surface area contributed by atoms with Crippen LogP contribution in [0, 0.1) is 0 Å². The minimum absolute atomic E-state index is 0.146. The van der Waals surface area contributed by atoms with Crippen molar-refractivity contribution in [1.29, 1.82) is 0 Å². The van der Waals surface area contributed by atoms with Crippen LogP contribution in [-0.2, 0) is 21.3 Å². The Bertz CT molecular complexity index is 581. The zero-order valence-electron chi connectivity index (χ0n) is 13.6. The predicted molar refractivity (Wildman–Crippen MR) is 89.9 cm³/mol. The second-order valence-corrected chi connectivity index (χ2v) is 8.91. The Morgan fingerprint density at radius 1 is 1.39 bits per heavy atom. The minimum Gasteiger partial charge on any atom is -0.386 e. The monoisotopic (exact) mass is 363 g/mol. The van der Waals surface area contributed by atoms with Gasteiger partial charge in [-0.25, -0.2) is 13.4 Å². The molecule has 1 fully saturated rings. The molecule has 23 heavy (non-hydrogen) atoms. The standard InChI is InChI=1S/C14H25N3O4S2/c1-12(18)14-15-10-13(22-14)11-16-4-6-17(7-5-16)23(19,20)9-3-8-21-2/h10,12,18H,3-9,11H2,1-2H3. The molecule has 2 rings (SSSR count). The molecule has 132 valence electrons. The number of thiazole rings is 1. The van der Waals surface area contributed by atoms with Crippen LogP contribution in [-0.4, -0.2) is 73.4 Å². The summed E-state index contributed by atoms with van der Waals surface area (Å²) in [7, 11) is -1.60. The highest BCUT2D eigenvalue weighted by molar-refractivity contribution is 7.89. The topological polar surface area (TPSA) is 83.0 Å². The first-order valence-electron chi connectivity index (χ1n) is 7.74. The summed E-state index contributed by atoms with van der Waals surface area (Å²) in [5, 5.41) is 10.2. The van der Waals surface area contributed by atoms with Gasteiger partial charge in [-0.2, -0.15) is 4.31 Å². The van der Waals surface area contributed by atoms with E-state index in [4.69, 9.17) is 4.74 Å². The molecule has 1 N–H and O–H groups in total. The van der Waals surface area contributed by atoms with Gasteiger partial charge in [0.25, 0.3) is 0 Å². The SMILES string of the molecule is COCCCS(=O)(=O)N1CCN(Cc2cnc(C(C)O)s2)CC1. The van der Waals surface area contributed by atoms with E-state index in [1.807, 2.05) is 0 Å². The molecule has 0 saturated carbocycles. The normalized spacial score (nSPS) is 19.1. The number of rotatable bonds is 8. The van der Waals surface area contributed by atoms with E-state index in [0.717, 1.165) is 16.4 Å². The van der Waals surface area contributed by atoms with E-state index >= 15 is 0 Å². The lowest BCUT2D eigenvalue weighted by atomic mass is 10.3. The molecular formula is C14H25N3O4S2. The van der Waals surface area contributed by atoms with Gasteiger partial charge >= 0.3 is 0 Å². The number of aliphatic hydroxyl groups is 1. The number of sulfonamides is 1. The van der Waals surface area contributed by atoms with Crippen LogP contribution in [0.5, 0.6) is 0 Å². The number of aromatic nitrogens is 1. The average molecular weight is 364 g/mol. The number of aliphatic hydroxyl groups excluding tert-OH is 1. The highest BCUT2D eigenvalue weighted by Crippen LogP contribution is 2.21. The highest BCUT2D eigenvalue weighted by Gasteiger charge is 2.26.